The highest BCUT2D eigenvalue weighted by atomic mass is 16.5. The average molecular weight is 245 g/mol. The molecule has 2 aromatic rings. The van der Waals surface area contributed by atoms with Gasteiger partial charge in [-0.05, 0) is 24.0 Å². The molecule has 0 aliphatic carbocycles. The number of rotatable bonds is 4. The fraction of sp³-hybridized carbons (Fsp3) is 0.286. The van der Waals surface area contributed by atoms with Gasteiger partial charge < -0.3 is 9.63 Å². The largest absolute Gasteiger partial charge is 0.475 e. The lowest BCUT2D eigenvalue weighted by Gasteiger charge is -2.09. The summed E-state index contributed by atoms with van der Waals surface area (Å²) in [5, 5.41) is 12.7. The van der Waals surface area contributed by atoms with Crippen LogP contribution in [-0.4, -0.2) is 16.2 Å². The summed E-state index contributed by atoms with van der Waals surface area (Å²) in [4.78, 5) is 10.8. The highest BCUT2D eigenvalue weighted by Gasteiger charge is 2.16. The number of nitrogens with zero attached hydrogens (tertiary/aromatic N) is 1. The summed E-state index contributed by atoms with van der Waals surface area (Å²) in [5.74, 6) is -1.22. The zero-order valence-electron chi connectivity index (χ0n) is 10.4. The predicted molar refractivity (Wildman–Crippen MR) is 67.7 cm³/mol. The number of hydrogen-bond donors (Lipinski definition) is 1. The number of aromatic carboxylic acids is 1. The normalized spacial score (nSPS) is 10.6. The topological polar surface area (TPSA) is 63.3 Å². The molecular weight excluding hydrogens is 230 g/mol. The molecule has 1 aromatic heterocycles. The number of carboxylic acid groups (broad SMARTS) is 1. The van der Waals surface area contributed by atoms with E-state index in [-0.39, 0.29) is 5.76 Å². The van der Waals surface area contributed by atoms with Crippen LogP contribution in [-0.2, 0) is 12.8 Å². The van der Waals surface area contributed by atoms with Gasteiger partial charge in [-0.1, -0.05) is 37.2 Å². The highest BCUT2D eigenvalue weighted by molar-refractivity contribution is 5.86. The van der Waals surface area contributed by atoms with Gasteiger partial charge in [-0.3, -0.25) is 0 Å². The van der Waals surface area contributed by atoms with Crippen LogP contribution in [0.3, 0.4) is 0 Å². The van der Waals surface area contributed by atoms with Crippen molar-refractivity contribution in [2.45, 2.75) is 26.7 Å². The van der Waals surface area contributed by atoms with E-state index < -0.39 is 5.97 Å². The summed E-state index contributed by atoms with van der Waals surface area (Å²) in [6, 6.07) is 7.56. The summed E-state index contributed by atoms with van der Waals surface area (Å²) in [6.45, 7) is 4.13. The average Bonchev–Trinajstić information content (AvgIpc) is 2.87. The van der Waals surface area contributed by atoms with Crippen LogP contribution in [0.5, 0.6) is 0 Å². The molecule has 0 spiro atoms. The Morgan fingerprint density at radius 3 is 2.33 bits per heavy atom. The van der Waals surface area contributed by atoms with Gasteiger partial charge in [0.2, 0.25) is 5.76 Å². The second-order valence-corrected chi connectivity index (χ2v) is 4.04. The molecule has 0 aliphatic rings. The first-order valence-corrected chi connectivity index (χ1v) is 5.98. The monoisotopic (exact) mass is 245 g/mol. The van der Waals surface area contributed by atoms with Crippen LogP contribution in [0.25, 0.3) is 11.3 Å². The summed E-state index contributed by atoms with van der Waals surface area (Å²) in [5.41, 5.74) is 3.90. The number of carbonyl (C=O) groups is 1. The van der Waals surface area contributed by atoms with Crippen LogP contribution in [0.1, 0.15) is 35.5 Å². The molecular formula is C14H15NO3. The maximum absolute atomic E-state index is 10.8. The van der Waals surface area contributed by atoms with Crippen LogP contribution >= 0.6 is 0 Å². The molecule has 1 N–H and O–H groups in total. The van der Waals surface area contributed by atoms with Crippen LogP contribution in [0.4, 0.5) is 0 Å². The standard InChI is InChI=1S/C14H15NO3/c1-3-9-6-5-7-10(4-2)13(9)11-8-12(14(16)17)18-15-11/h5-8H,3-4H2,1-2H3,(H,16,17). The smallest absolute Gasteiger partial charge is 0.374 e. The first-order chi connectivity index (χ1) is 8.67. The number of carboxylic acids is 1. The first kappa shape index (κ1) is 12.4. The SMILES string of the molecule is CCc1cccc(CC)c1-c1cc(C(=O)O)on1. The minimum Gasteiger partial charge on any atom is -0.475 e. The second-order valence-electron chi connectivity index (χ2n) is 4.04. The Bertz CT molecular complexity index is 550. The first-order valence-electron chi connectivity index (χ1n) is 5.98. The maximum Gasteiger partial charge on any atom is 0.374 e. The van der Waals surface area contributed by atoms with Gasteiger partial charge in [0.05, 0.1) is 0 Å². The molecule has 1 aromatic carbocycles. The minimum atomic E-state index is -1.10. The molecule has 2 rings (SSSR count). The molecule has 0 fully saturated rings. The van der Waals surface area contributed by atoms with Gasteiger partial charge in [0.15, 0.2) is 0 Å². The van der Waals surface area contributed by atoms with E-state index >= 15 is 0 Å². The van der Waals surface area contributed by atoms with Crippen LogP contribution < -0.4 is 0 Å². The van der Waals surface area contributed by atoms with Gasteiger partial charge in [-0.15, -0.1) is 0 Å². The predicted octanol–water partition coefficient (Wildman–Crippen LogP) is 3.16. The second kappa shape index (κ2) is 5.04. The molecule has 0 atom stereocenters. The summed E-state index contributed by atoms with van der Waals surface area (Å²) in [6.07, 6.45) is 1.75. The minimum absolute atomic E-state index is 0.127. The van der Waals surface area contributed by atoms with Gasteiger partial charge >= 0.3 is 5.97 Å². The van der Waals surface area contributed by atoms with Crippen molar-refractivity contribution >= 4 is 5.97 Å². The van der Waals surface area contributed by atoms with Crippen molar-refractivity contribution in [2.75, 3.05) is 0 Å². The van der Waals surface area contributed by atoms with E-state index in [4.69, 9.17) is 9.63 Å². The molecule has 4 nitrogen and oxygen atoms in total. The van der Waals surface area contributed by atoms with Crippen molar-refractivity contribution in [2.24, 2.45) is 0 Å². The molecule has 0 aliphatic heterocycles. The molecule has 0 saturated carbocycles. The summed E-state index contributed by atoms with van der Waals surface area (Å²) < 4.78 is 4.83. The van der Waals surface area contributed by atoms with Crippen molar-refractivity contribution < 1.29 is 14.4 Å². The highest BCUT2D eigenvalue weighted by Crippen LogP contribution is 2.28. The quantitative estimate of drug-likeness (QED) is 0.898. The van der Waals surface area contributed by atoms with E-state index in [2.05, 4.69) is 19.0 Å². The number of aryl methyl sites for hydroxylation is 2. The molecule has 0 bridgehead atoms. The van der Waals surface area contributed by atoms with Crippen molar-refractivity contribution in [3.8, 4) is 11.3 Å². The molecule has 94 valence electrons. The lowest BCUT2D eigenvalue weighted by Crippen LogP contribution is -1.94. The third kappa shape index (κ3) is 2.14. The third-order valence-corrected chi connectivity index (χ3v) is 2.98. The fourth-order valence-electron chi connectivity index (χ4n) is 2.07. The molecule has 0 unspecified atom stereocenters. The van der Waals surface area contributed by atoms with Crippen molar-refractivity contribution in [3.63, 3.8) is 0 Å². The Hall–Kier alpha value is -2.10. The van der Waals surface area contributed by atoms with E-state index in [0.717, 1.165) is 29.5 Å². The number of hydrogen-bond acceptors (Lipinski definition) is 3. The third-order valence-electron chi connectivity index (χ3n) is 2.98. The summed E-state index contributed by atoms with van der Waals surface area (Å²) >= 11 is 0. The molecule has 1 heterocycles. The maximum atomic E-state index is 10.8. The molecule has 18 heavy (non-hydrogen) atoms. The van der Waals surface area contributed by atoms with Crippen LogP contribution in [0.2, 0.25) is 0 Å². The van der Waals surface area contributed by atoms with E-state index in [0.29, 0.717) is 5.69 Å². The van der Waals surface area contributed by atoms with Crippen molar-refractivity contribution in [1.82, 2.24) is 5.16 Å². The van der Waals surface area contributed by atoms with E-state index in [1.807, 2.05) is 18.2 Å². The molecule has 0 saturated heterocycles. The Morgan fingerprint density at radius 2 is 1.89 bits per heavy atom. The van der Waals surface area contributed by atoms with Gasteiger partial charge in [-0.2, -0.15) is 0 Å². The van der Waals surface area contributed by atoms with E-state index in [1.165, 1.54) is 6.07 Å². The van der Waals surface area contributed by atoms with Crippen LogP contribution in [0, 0.1) is 0 Å². The lowest BCUT2D eigenvalue weighted by molar-refractivity contribution is 0.0652. The Labute approximate surface area is 105 Å². The van der Waals surface area contributed by atoms with Crippen LogP contribution in [0.15, 0.2) is 28.8 Å². The van der Waals surface area contributed by atoms with Gasteiger partial charge in [0, 0.05) is 11.6 Å². The fourth-order valence-corrected chi connectivity index (χ4v) is 2.07. The zero-order chi connectivity index (χ0) is 13.1. The number of benzene rings is 1. The number of aromatic nitrogens is 1. The molecule has 0 amide bonds. The Morgan fingerprint density at radius 1 is 1.28 bits per heavy atom. The van der Waals surface area contributed by atoms with Gasteiger partial charge in [0.25, 0.3) is 0 Å². The Kier molecular flexibility index (Phi) is 3.46. The van der Waals surface area contributed by atoms with Crippen molar-refractivity contribution in [1.29, 1.82) is 0 Å². The summed E-state index contributed by atoms with van der Waals surface area (Å²) in [7, 11) is 0. The zero-order valence-corrected chi connectivity index (χ0v) is 10.4. The van der Waals surface area contributed by atoms with E-state index in [1.54, 1.807) is 0 Å². The van der Waals surface area contributed by atoms with E-state index in [9.17, 15) is 4.79 Å². The molecule has 4 heteroatoms. The van der Waals surface area contributed by atoms with Gasteiger partial charge in [-0.25, -0.2) is 4.79 Å². The van der Waals surface area contributed by atoms with Gasteiger partial charge in [0.1, 0.15) is 5.69 Å². The molecule has 0 radical (unpaired) electrons. The lowest BCUT2D eigenvalue weighted by atomic mass is 9.95. The Balaban J connectivity index is 2.57. The van der Waals surface area contributed by atoms with Crippen molar-refractivity contribution in [3.05, 3.63) is 41.2 Å².